The lowest BCUT2D eigenvalue weighted by molar-refractivity contribution is -0.144. The zero-order valence-corrected chi connectivity index (χ0v) is 10.5. The summed E-state index contributed by atoms with van der Waals surface area (Å²) in [6.45, 7) is 4.77. The van der Waals surface area contributed by atoms with E-state index in [4.69, 9.17) is 5.11 Å². The minimum atomic E-state index is -0.951. The van der Waals surface area contributed by atoms with Gasteiger partial charge in [0.1, 0.15) is 0 Å². The molecule has 0 atom stereocenters. The van der Waals surface area contributed by atoms with E-state index < -0.39 is 11.4 Å². The molecule has 0 aromatic rings. The first kappa shape index (κ1) is 14.9. The second-order valence-corrected chi connectivity index (χ2v) is 4.87. The third-order valence-electron chi connectivity index (χ3n) is 2.28. The monoisotopic (exact) mass is 230 g/mol. The molecule has 0 aliphatic rings. The number of nitrogens with zero attached hydrogens (tertiary/aromatic N) is 1. The number of carboxylic acid groups (broad SMARTS) is 1. The Morgan fingerprint density at radius 1 is 1.31 bits per heavy atom. The van der Waals surface area contributed by atoms with E-state index in [1.807, 2.05) is 19.0 Å². The Morgan fingerprint density at radius 2 is 1.88 bits per heavy atom. The van der Waals surface area contributed by atoms with Gasteiger partial charge in [0.2, 0.25) is 5.91 Å². The predicted octanol–water partition coefficient (Wildman–Crippen LogP) is 0.555. The highest BCUT2D eigenvalue weighted by Crippen LogP contribution is 2.20. The van der Waals surface area contributed by atoms with Crippen LogP contribution in [0.3, 0.4) is 0 Å². The minimum Gasteiger partial charge on any atom is -0.481 e. The molecule has 0 saturated heterocycles. The smallest absolute Gasteiger partial charge is 0.304 e. The van der Waals surface area contributed by atoms with E-state index in [-0.39, 0.29) is 12.3 Å². The number of rotatable bonds is 7. The molecular weight excluding hydrogens is 208 g/mol. The van der Waals surface area contributed by atoms with E-state index in [9.17, 15) is 9.59 Å². The number of aliphatic carboxylic acids is 1. The van der Waals surface area contributed by atoms with Gasteiger partial charge in [0.15, 0.2) is 0 Å². The van der Waals surface area contributed by atoms with Crippen LogP contribution < -0.4 is 5.32 Å². The van der Waals surface area contributed by atoms with Crippen LogP contribution in [0.5, 0.6) is 0 Å². The van der Waals surface area contributed by atoms with E-state index in [1.165, 1.54) is 0 Å². The second-order valence-electron chi connectivity index (χ2n) is 4.87. The topological polar surface area (TPSA) is 69.6 Å². The van der Waals surface area contributed by atoms with Gasteiger partial charge in [-0.05, 0) is 27.1 Å². The van der Waals surface area contributed by atoms with Gasteiger partial charge in [0.25, 0.3) is 0 Å². The molecule has 0 rings (SSSR count). The first-order chi connectivity index (χ1) is 7.25. The van der Waals surface area contributed by atoms with Gasteiger partial charge in [-0.2, -0.15) is 0 Å². The summed E-state index contributed by atoms with van der Waals surface area (Å²) in [6.07, 6.45) is 0.717. The molecule has 16 heavy (non-hydrogen) atoms. The van der Waals surface area contributed by atoms with E-state index in [0.29, 0.717) is 6.54 Å². The highest BCUT2D eigenvalue weighted by Gasteiger charge is 2.29. The van der Waals surface area contributed by atoms with Crippen molar-refractivity contribution >= 4 is 11.9 Å². The third-order valence-corrected chi connectivity index (χ3v) is 2.28. The van der Waals surface area contributed by atoms with E-state index in [0.717, 1.165) is 13.0 Å². The van der Waals surface area contributed by atoms with Crippen molar-refractivity contribution in [3.63, 3.8) is 0 Å². The number of hydrogen-bond acceptors (Lipinski definition) is 3. The maximum Gasteiger partial charge on any atom is 0.304 e. The molecule has 0 aromatic heterocycles. The normalized spacial score (nSPS) is 11.6. The summed E-state index contributed by atoms with van der Waals surface area (Å²) in [5, 5.41) is 11.4. The fourth-order valence-electron chi connectivity index (χ4n) is 1.29. The molecule has 0 aliphatic carbocycles. The van der Waals surface area contributed by atoms with Crippen molar-refractivity contribution in [2.45, 2.75) is 26.7 Å². The molecule has 0 spiro atoms. The molecule has 0 aliphatic heterocycles. The molecule has 0 bridgehead atoms. The Hall–Kier alpha value is -1.10. The van der Waals surface area contributed by atoms with Gasteiger partial charge in [-0.25, -0.2) is 0 Å². The Labute approximate surface area is 96.8 Å². The fraction of sp³-hybridized carbons (Fsp3) is 0.818. The average molecular weight is 230 g/mol. The maximum atomic E-state index is 11.7. The molecule has 0 heterocycles. The summed E-state index contributed by atoms with van der Waals surface area (Å²) in [7, 11) is 3.94. The summed E-state index contributed by atoms with van der Waals surface area (Å²) >= 11 is 0. The van der Waals surface area contributed by atoms with Crippen LogP contribution in [-0.4, -0.2) is 49.1 Å². The van der Waals surface area contributed by atoms with Gasteiger partial charge >= 0.3 is 5.97 Å². The van der Waals surface area contributed by atoms with Crippen molar-refractivity contribution in [1.29, 1.82) is 0 Å². The Bertz CT molecular complexity index is 250. The van der Waals surface area contributed by atoms with E-state index in [1.54, 1.807) is 13.8 Å². The van der Waals surface area contributed by atoms with Gasteiger partial charge < -0.3 is 15.3 Å². The Balaban J connectivity index is 3.91. The van der Waals surface area contributed by atoms with Crippen LogP contribution in [0.1, 0.15) is 26.7 Å². The molecule has 5 heteroatoms. The molecule has 1 amide bonds. The lowest BCUT2D eigenvalue weighted by atomic mass is 9.88. The van der Waals surface area contributed by atoms with Gasteiger partial charge in [0.05, 0.1) is 11.8 Å². The molecule has 0 aromatic carbocycles. The van der Waals surface area contributed by atoms with Gasteiger partial charge in [0, 0.05) is 6.54 Å². The van der Waals surface area contributed by atoms with Crippen molar-refractivity contribution in [3.8, 4) is 0 Å². The van der Waals surface area contributed by atoms with Crippen LogP contribution in [0.15, 0.2) is 0 Å². The van der Waals surface area contributed by atoms with Crippen LogP contribution in [0.4, 0.5) is 0 Å². The molecule has 2 N–H and O–H groups in total. The number of nitrogens with one attached hydrogen (secondary N) is 1. The number of amides is 1. The number of carbonyl (C=O) groups is 2. The van der Waals surface area contributed by atoms with Crippen LogP contribution in [0.2, 0.25) is 0 Å². The van der Waals surface area contributed by atoms with E-state index in [2.05, 4.69) is 5.32 Å². The lowest BCUT2D eigenvalue weighted by Crippen LogP contribution is -2.39. The largest absolute Gasteiger partial charge is 0.481 e. The van der Waals surface area contributed by atoms with Crippen molar-refractivity contribution in [2.24, 2.45) is 5.41 Å². The highest BCUT2D eigenvalue weighted by molar-refractivity contribution is 5.86. The first-order valence-corrected chi connectivity index (χ1v) is 5.40. The highest BCUT2D eigenvalue weighted by atomic mass is 16.4. The zero-order valence-electron chi connectivity index (χ0n) is 10.5. The predicted molar refractivity (Wildman–Crippen MR) is 62.2 cm³/mol. The third kappa shape index (κ3) is 6.40. The molecule has 5 nitrogen and oxygen atoms in total. The number of carbonyl (C=O) groups excluding carboxylic acids is 1. The van der Waals surface area contributed by atoms with Crippen molar-refractivity contribution < 1.29 is 14.7 Å². The van der Waals surface area contributed by atoms with Crippen LogP contribution in [-0.2, 0) is 9.59 Å². The van der Waals surface area contributed by atoms with E-state index >= 15 is 0 Å². The lowest BCUT2D eigenvalue weighted by Gasteiger charge is -2.21. The fourth-order valence-corrected chi connectivity index (χ4v) is 1.29. The van der Waals surface area contributed by atoms with Crippen molar-refractivity contribution in [3.05, 3.63) is 0 Å². The second kappa shape index (κ2) is 6.48. The summed E-state index contributed by atoms with van der Waals surface area (Å²) < 4.78 is 0. The zero-order chi connectivity index (χ0) is 12.8. The molecular formula is C11H22N2O3. The Kier molecular flexibility index (Phi) is 6.03. The van der Waals surface area contributed by atoms with Crippen molar-refractivity contribution in [1.82, 2.24) is 10.2 Å². The molecule has 0 fully saturated rings. The standard InChI is InChI=1S/C11H22N2O3/c1-11(2,8-9(14)15)10(16)12-6-5-7-13(3)4/h5-8H2,1-4H3,(H,12,16)(H,14,15). The first-order valence-electron chi connectivity index (χ1n) is 5.40. The molecule has 0 radical (unpaired) electrons. The number of hydrogen-bond donors (Lipinski definition) is 2. The van der Waals surface area contributed by atoms with Gasteiger partial charge in [-0.15, -0.1) is 0 Å². The summed E-state index contributed by atoms with van der Waals surface area (Å²) in [6, 6.07) is 0. The summed E-state index contributed by atoms with van der Waals surface area (Å²) in [5.41, 5.74) is -0.843. The quantitative estimate of drug-likeness (QED) is 0.627. The average Bonchev–Trinajstić information content (AvgIpc) is 2.09. The van der Waals surface area contributed by atoms with Crippen LogP contribution in [0, 0.1) is 5.41 Å². The molecule has 0 unspecified atom stereocenters. The van der Waals surface area contributed by atoms with Crippen molar-refractivity contribution in [2.75, 3.05) is 27.2 Å². The van der Waals surface area contributed by atoms with Crippen LogP contribution in [0.25, 0.3) is 0 Å². The Morgan fingerprint density at radius 3 is 2.31 bits per heavy atom. The van der Waals surface area contributed by atoms with Crippen LogP contribution >= 0.6 is 0 Å². The molecule has 0 saturated carbocycles. The van der Waals surface area contributed by atoms with Gasteiger partial charge in [-0.3, -0.25) is 9.59 Å². The SMILES string of the molecule is CN(C)CCCNC(=O)C(C)(C)CC(=O)O. The molecule has 94 valence electrons. The van der Waals surface area contributed by atoms with Gasteiger partial charge in [-0.1, -0.05) is 13.8 Å². The number of carboxylic acids is 1. The maximum absolute atomic E-state index is 11.7. The summed E-state index contributed by atoms with van der Waals surface area (Å²) in [5.74, 6) is -1.15. The summed E-state index contributed by atoms with van der Waals surface area (Å²) in [4.78, 5) is 24.2. The minimum absolute atomic E-state index is 0.146.